The van der Waals surface area contributed by atoms with E-state index in [0.717, 1.165) is 0 Å². The number of rotatable bonds is 4. The topological polar surface area (TPSA) is 80.1 Å². The van der Waals surface area contributed by atoms with Gasteiger partial charge in [0, 0.05) is 13.2 Å². The molecule has 2 heterocycles. The van der Waals surface area contributed by atoms with Gasteiger partial charge in [-0.2, -0.15) is 0 Å². The number of nitrogens with zero attached hydrogens (tertiary/aromatic N) is 4. The lowest BCUT2D eigenvalue weighted by Crippen LogP contribution is -2.69. The lowest BCUT2D eigenvalue weighted by atomic mass is 9.87. The van der Waals surface area contributed by atoms with Crippen molar-refractivity contribution < 1.29 is 9.59 Å². The van der Waals surface area contributed by atoms with Gasteiger partial charge in [0.2, 0.25) is 11.8 Å². The van der Waals surface area contributed by atoms with E-state index >= 15 is 0 Å². The standard InChI is InChI=1S/C13H21N5O2/c1-5-13(6-2)12(20)18(9(3)11(19)14-13)8-10-7-17(4)16-15-10/h7,9H,5-6,8H2,1-4H3,(H,14,19). The number of aryl methyl sites for hydroxylation is 1. The van der Waals surface area contributed by atoms with Gasteiger partial charge in [0.05, 0.1) is 6.54 Å². The van der Waals surface area contributed by atoms with Crippen LogP contribution in [-0.4, -0.2) is 43.3 Å². The summed E-state index contributed by atoms with van der Waals surface area (Å²) in [6, 6.07) is -0.490. The molecule has 0 spiro atoms. The summed E-state index contributed by atoms with van der Waals surface area (Å²) in [6.45, 7) is 5.87. The number of hydrogen-bond donors (Lipinski definition) is 1. The number of aromatic nitrogens is 3. The molecular weight excluding hydrogens is 258 g/mol. The van der Waals surface area contributed by atoms with Crippen molar-refractivity contribution in [1.29, 1.82) is 0 Å². The van der Waals surface area contributed by atoms with Crippen molar-refractivity contribution in [2.24, 2.45) is 7.05 Å². The van der Waals surface area contributed by atoms with Crippen LogP contribution < -0.4 is 5.32 Å². The van der Waals surface area contributed by atoms with Gasteiger partial charge in [0.1, 0.15) is 17.3 Å². The van der Waals surface area contributed by atoms with E-state index in [1.165, 1.54) is 0 Å². The zero-order valence-electron chi connectivity index (χ0n) is 12.4. The molecule has 20 heavy (non-hydrogen) atoms. The molecule has 1 N–H and O–H groups in total. The van der Waals surface area contributed by atoms with Crippen LogP contribution in [0.25, 0.3) is 0 Å². The van der Waals surface area contributed by atoms with Crippen molar-refractivity contribution in [2.45, 2.75) is 51.7 Å². The van der Waals surface area contributed by atoms with Crippen molar-refractivity contribution in [3.63, 3.8) is 0 Å². The number of nitrogens with one attached hydrogen (secondary N) is 1. The molecule has 0 aliphatic carbocycles. The molecular formula is C13H21N5O2. The van der Waals surface area contributed by atoms with Crippen LogP contribution in [0.3, 0.4) is 0 Å². The molecule has 1 aliphatic rings. The van der Waals surface area contributed by atoms with Crippen LogP contribution in [0.5, 0.6) is 0 Å². The number of hydrogen-bond acceptors (Lipinski definition) is 4. The Bertz CT molecular complexity index is 521. The summed E-state index contributed by atoms with van der Waals surface area (Å²) in [5.41, 5.74) is -0.102. The first kappa shape index (κ1) is 14.5. The zero-order chi connectivity index (χ0) is 14.9. The van der Waals surface area contributed by atoms with Crippen molar-refractivity contribution >= 4 is 11.8 Å². The molecule has 7 nitrogen and oxygen atoms in total. The van der Waals surface area contributed by atoms with E-state index in [1.54, 1.807) is 29.7 Å². The average molecular weight is 279 g/mol. The van der Waals surface area contributed by atoms with E-state index in [2.05, 4.69) is 15.6 Å². The fourth-order valence-electron chi connectivity index (χ4n) is 2.57. The van der Waals surface area contributed by atoms with E-state index in [0.29, 0.717) is 25.1 Å². The molecule has 1 unspecified atom stereocenters. The minimum Gasteiger partial charge on any atom is -0.340 e. The first-order valence-electron chi connectivity index (χ1n) is 6.91. The van der Waals surface area contributed by atoms with Gasteiger partial charge in [0.25, 0.3) is 0 Å². The molecule has 2 amide bonds. The number of piperazine rings is 1. The highest BCUT2D eigenvalue weighted by molar-refractivity contribution is 5.99. The molecule has 0 saturated carbocycles. The molecule has 1 saturated heterocycles. The fourth-order valence-corrected chi connectivity index (χ4v) is 2.57. The molecule has 7 heteroatoms. The molecule has 1 aromatic rings. The van der Waals surface area contributed by atoms with Gasteiger partial charge >= 0.3 is 0 Å². The van der Waals surface area contributed by atoms with Crippen LogP contribution in [0.1, 0.15) is 39.3 Å². The highest BCUT2D eigenvalue weighted by Gasteiger charge is 2.47. The van der Waals surface area contributed by atoms with E-state index < -0.39 is 11.6 Å². The average Bonchev–Trinajstić information content (AvgIpc) is 2.84. The largest absolute Gasteiger partial charge is 0.340 e. The second kappa shape index (κ2) is 5.22. The summed E-state index contributed by atoms with van der Waals surface area (Å²) in [5, 5.41) is 10.7. The maximum Gasteiger partial charge on any atom is 0.249 e. The predicted octanol–water partition coefficient (Wildman–Crippen LogP) is 0.221. The first-order valence-corrected chi connectivity index (χ1v) is 6.91. The molecule has 1 atom stereocenters. The van der Waals surface area contributed by atoms with Gasteiger partial charge in [-0.1, -0.05) is 19.1 Å². The summed E-state index contributed by atoms with van der Waals surface area (Å²) in [5.74, 6) is -0.155. The van der Waals surface area contributed by atoms with Crippen molar-refractivity contribution in [3.05, 3.63) is 11.9 Å². The monoisotopic (exact) mass is 279 g/mol. The van der Waals surface area contributed by atoms with Crippen LogP contribution >= 0.6 is 0 Å². The Morgan fingerprint density at radius 1 is 1.35 bits per heavy atom. The summed E-state index contributed by atoms with van der Waals surface area (Å²) < 4.78 is 1.58. The maximum atomic E-state index is 12.7. The predicted molar refractivity (Wildman–Crippen MR) is 72.5 cm³/mol. The third kappa shape index (κ3) is 2.28. The Kier molecular flexibility index (Phi) is 3.78. The Labute approximate surface area is 118 Å². The smallest absolute Gasteiger partial charge is 0.249 e. The van der Waals surface area contributed by atoms with Crippen molar-refractivity contribution in [2.75, 3.05) is 0 Å². The first-order chi connectivity index (χ1) is 9.43. The molecule has 0 bridgehead atoms. The second-order valence-corrected chi connectivity index (χ2v) is 5.27. The third-order valence-electron chi connectivity index (χ3n) is 4.07. The fraction of sp³-hybridized carbons (Fsp3) is 0.692. The number of carbonyl (C=O) groups is 2. The van der Waals surface area contributed by atoms with E-state index in [4.69, 9.17) is 0 Å². The van der Waals surface area contributed by atoms with Crippen LogP contribution in [0, 0.1) is 0 Å². The van der Waals surface area contributed by atoms with E-state index in [9.17, 15) is 9.59 Å². The minimum atomic E-state index is -0.786. The van der Waals surface area contributed by atoms with Crippen LogP contribution in [0.4, 0.5) is 0 Å². The second-order valence-electron chi connectivity index (χ2n) is 5.27. The quantitative estimate of drug-likeness (QED) is 0.855. The SMILES string of the molecule is CCC1(CC)NC(=O)C(C)N(Cc2cn(C)nn2)C1=O. The molecule has 0 radical (unpaired) electrons. The summed E-state index contributed by atoms with van der Waals surface area (Å²) >= 11 is 0. The normalized spacial score (nSPS) is 22.0. The lowest BCUT2D eigenvalue weighted by molar-refractivity contribution is -0.155. The van der Waals surface area contributed by atoms with Gasteiger partial charge in [-0.25, -0.2) is 0 Å². The Balaban J connectivity index is 2.28. The van der Waals surface area contributed by atoms with Gasteiger partial charge in [0.15, 0.2) is 0 Å². The van der Waals surface area contributed by atoms with E-state index in [1.807, 2.05) is 13.8 Å². The van der Waals surface area contributed by atoms with Gasteiger partial charge in [-0.3, -0.25) is 14.3 Å². The zero-order valence-corrected chi connectivity index (χ0v) is 12.4. The summed E-state index contributed by atoms with van der Waals surface area (Å²) in [4.78, 5) is 26.5. The van der Waals surface area contributed by atoms with Crippen LogP contribution in [0.15, 0.2) is 6.20 Å². The highest BCUT2D eigenvalue weighted by atomic mass is 16.2. The van der Waals surface area contributed by atoms with E-state index in [-0.39, 0.29) is 11.8 Å². The Morgan fingerprint density at radius 2 is 2.00 bits per heavy atom. The third-order valence-corrected chi connectivity index (χ3v) is 4.07. The highest BCUT2D eigenvalue weighted by Crippen LogP contribution is 2.25. The van der Waals surface area contributed by atoms with Crippen LogP contribution in [-0.2, 0) is 23.2 Å². The van der Waals surface area contributed by atoms with Gasteiger partial charge in [-0.15, -0.1) is 5.10 Å². The molecule has 1 fully saturated rings. The number of carbonyl (C=O) groups excluding carboxylic acids is 2. The van der Waals surface area contributed by atoms with Crippen molar-refractivity contribution in [1.82, 2.24) is 25.2 Å². The molecule has 110 valence electrons. The molecule has 0 aromatic carbocycles. The summed E-state index contributed by atoms with van der Waals surface area (Å²) in [7, 11) is 1.77. The van der Waals surface area contributed by atoms with Gasteiger partial charge < -0.3 is 10.2 Å². The Hall–Kier alpha value is -1.92. The maximum absolute atomic E-state index is 12.7. The Morgan fingerprint density at radius 3 is 2.50 bits per heavy atom. The minimum absolute atomic E-state index is 0.0414. The van der Waals surface area contributed by atoms with Gasteiger partial charge in [-0.05, 0) is 19.8 Å². The molecule has 1 aliphatic heterocycles. The lowest BCUT2D eigenvalue weighted by Gasteiger charge is -2.44. The summed E-state index contributed by atoms with van der Waals surface area (Å²) in [6.07, 6.45) is 2.92. The molecule has 2 rings (SSSR count). The van der Waals surface area contributed by atoms with Crippen molar-refractivity contribution in [3.8, 4) is 0 Å². The molecule has 1 aromatic heterocycles. The number of amides is 2. The van der Waals surface area contributed by atoms with Crippen LogP contribution in [0.2, 0.25) is 0 Å².